The molecule has 10 nitrogen and oxygen atoms in total. The first-order valence-electron chi connectivity index (χ1n) is 15.3. The van der Waals surface area contributed by atoms with Crippen molar-refractivity contribution >= 4 is 41.7 Å². The molecule has 48 heavy (non-hydrogen) atoms. The molecule has 0 saturated heterocycles. The summed E-state index contributed by atoms with van der Waals surface area (Å²) in [6.45, 7) is 4.11. The molecule has 0 amide bonds. The van der Waals surface area contributed by atoms with Gasteiger partial charge in [-0.05, 0) is 61.4 Å². The Morgan fingerprint density at radius 1 is 0.708 bits per heavy atom. The number of aliphatic hydroxyl groups is 1. The molecule has 0 aliphatic rings. The normalized spacial score (nSPS) is 11.1. The zero-order chi connectivity index (χ0) is 33.9. The monoisotopic (exact) mass is 642 g/mol. The molecular formula is C38H34N4O6. The van der Waals surface area contributed by atoms with Crippen LogP contribution in [0.2, 0.25) is 0 Å². The third kappa shape index (κ3) is 7.80. The molecule has 0 atom stereocenters. The number of rotatable bonds is 10. The number of esters is 2. The Morgan fingerprint density at radius 2 is 1.19 bits per heavy atom. The van der Waals surface area contributed by atoms with E-state index in [4.69, 9.17) is 9.47 Å². The quantitative estimate of drug-likeness (QED) is 0.103. The average Bonchev–Trinajstić information content (AvgIpc) is 3.68. The number of carbonyl (C=O) groups excluding carboxylic acids is 3. The molecule has 0 aliphatic carbocycles. The predicted octanol–water partition coefficient (Wildman–Crippen LogP) is 6.46. The summed E-state index contributed by atoms with van der Waals surface area (Å²) < 4.78 is 13.3. The first-order valence-corrected chi connectivity index (χ1v) is 15.3. The molecule has 4 aromatic heterocycles. The van der Waals surface area contributed by atoms with E-state index in [0.29, 0.717) is 35.9 Å². The van der Waals surface area contributed by atoms with E-state index >= 15 is 0 Å². The van der Waals surface area contributed by atoms with Crippen LogP contribution in [0.5, 0.6) is 0 Å². The van der Waals surface area contributed by atoms with Crippen molar-refractivity contribution in [2.45, 2.75) is 20.5 Å². The second-order valence-electron chi connectivity index (χ2n) is 10.3. The summed E-state index contributed by atoms with van der Waals surface area (Å²) in [7, 11) is 0. The summed E-state index contributed by atoms with van der Waals surface area (Å²) in [4.78, 5) is 43.5. The van der Waals surface area contributed by atoms with Crippen molar-refractivity contribution in [3.63, 3.8) is 0 Å². The molecule has 0 bridgehead atoms. The van der Waals surface area contributed by atoms with E-state index in [1.807, 2.05) is 95.5 Å². The highest BCUT2D eigenvalue weighted by Gasteiger charge is 2.14. The Hall–Kier alpha value is -6.13. The minimum Gasteiger partial charge on any atom is -0.463 e. The average molecular weight is 643 g/mol. The van der Waals surface area contributed by atoms with Gasteiger partial charge in [0.25, 0.3) is 0 Å². The number of nitrogens with zero attached hydrogens (tertiary/aromatic N) is 4. The largest absolute Gasteiger partial charge is 0.463 e. The highest BCUT2D eigenvalue weighted by molar-refractivity contribution is 5.89. The molecule has 1 N–H and O–H groups in total. The van der Waals surface area contributed by atoms with E-state index in [-0.39, 0.29) is 18.5 Å². The molecule has 0 radical (unpaired) electrons. The molecule has 4 heterocycles. The number of fused-ring (bicyclic) bond motifs is 2. The molecule has 6 rings (SSSR count). The zero-order valence-electron chi connectivity index (χ0n) is 26.5. The molecule has 0 spiro atoms. The maximum absolute atomic E-state index is 11.5. The van der Waals surface area contributed by atoms with Crippen LogP contribution in [0.1, 0.15) is 41.2 Å². The summed E-state index contributed by atoms with van der Waals surface area (Å²) in [6, 6.07) is 26.6. The number of aromatic nitrogens is 4. The third-order valence-corrected chi connectivity index (χ3v) is 7.19. The van der Waals surface area contributed by atoms with Gasteiger partial charge in [-0.3, -0.25) is 9.20 Å². The van der Waals surface area contributed by atoms with Gasteiger partial charge in [-0.2, -0.15) is 0 Å². The van der Waals surface area contributed by atoms with Crippen molar-refractivity contribution in [3.8, 4) is 22.5 Å². The maximum atomic E-state index is 11.5. The Kier molecular flexibility index (Phi) is 11.0. The summed E-state index contributed by atoms with van der Waals surface area (Å²) in [5.41, 5.74) is 7.45. The summed E-state index contributed by atoms with van der Waals surface area (Å²) in [5, 5.41) is 9.74. The van der Waals surface area contributed by atoms with Gasteiger partial charge in [0.2, 0.25) is 0 Å². The van der Waals surface area contributed by atoms with Gasteiger partial charge in [-0.25, -0.2) is 19.6 Å². The number of aldehydes is 1. The lowest BCUT2D eigenvalue weighted by Crippen LogP contribution is -1.98. The molecule has 0 saturated carbocycles. The Bertz CT molecular complexity index is 2100. The fourth-order valence-corrected chi connectivity index (χ4v) is 5.01. The van der Waals surface area contributed by atoms with Crippen LogP contribution in [0.4, 0.5) is 0 Å². The minimum absolute atomic E-state index is 0.108. The van der Waals surface area contributed by atoms with Gasteiger partial charge >= 0.3 is 11.9 Å². The lowest BCUT2D eigenvalue weighted by atomic mass is 10.1. The van der Waals surface area contributed by atoms with Crippen molar-refractivity contribution in [1.29, 1.82) is 0 Å². The summed E-state index contributed by atoms with van der Waals surface area (Å²) >= 11 is 0. The number of imidazole rings is 2. The molecule has 6 aromatic rings. The Labute approximate surface area is 277 Å². The van der Waals surface area contributed by atoms with E-state index in [2.05, 4.69) is 9.97 Å². The van der Waals surface area contributed by atoms with Crippen LogP contribution in [0.3, 0.4) is 0 Å². The van der Waals surface area contributed by atoms with Crippen molar-refractivity contribution in [1.82, 2.24) is 18.8 Å². The summed E-state index contributed by atoms with van der Waals surface area (Å²) in [6.07, 6.45) is 10.5. The SMILES string of the molecule is CCOC(=O)/C=C/c1ccn2c(C=O)c(-c3ccccc3)nc2c1.CCOC(=O)/C=C/c1ccn2c(CO)c(-c3ccccc3)nc2c1. The van der Waals surface area contributed by atoms with E-state index in [0.717, 1.165) is 39.9 Å². The second-order valence-corrected chi connectivity index (χ2v) is 10.3. The Morgan fingerprint density at radius 3 is 1.69 bits per heavy atom. The number of benzene rings is 2. The van der Waals surface area contributed by atoms with Crippen molar-refractivity contribution in [3.05, 3.63) is 132 Å². The van der Waals surface area contributed by atoms with Crippen LogP contribution in [-0.2, 0) is 25.7 Å². The van der Waals surface area contributed by atoms with Gasteiger partial charge in [0.15, 0.2) is 6.29 Å². The topological polar surface area (TPSA) is 124 Å². The van der Waals surface area contributed by atoms with Crippen molar-refractivity contribution in [2.75, 3.05) is 13.2 Å². The van der Waals surface area contributed by atoms with E-state index in [1.54, 1.807) is 36.6 Å². The highest BCUT2D eigenvalue weighted by Crippen LogP contribution is 2.26. The number of carbonyl (C=O) groups is 3. The van der Waals surface area contributed by atoms with E-state index < -0.39 is 0 Å². The van der Waals surface area contributed by atoms with Gasteiger partial charge in [0.1, 0.15) is 22.7 Å². The lowest BCUT2D eigenvalue weighted by molar-refractivity contribution is -0.138. The van der Waals surface area contributed by atoms with Gasteiger partial charge < -0.3 is 19.0 Å². The van der Waals surface area contributed by atoms with Gasteiger partial charge in [-0.1, -0.05) is 60.7 Å². The van der Waals surface area contributed by atoms with Gasteiger partial charge in [0, 0.05) is 35.7 Å². The Balaban J connectivity index is 0.000000188. The zero-order valence-corrected chi connectivity index (χ0v) is 26.5. The maximum Gasteiger partial charge on any atom is 0.330 e. The van der Waals surface area contributed by atoms with Crippen LogP contribution in [0.15, 0.2) is 109 Å². The first kappa shape index (κ1) is 33.2. The molecule has 2 aromatic carbocycles. The molecule has 0 unspecified atom stereocenters. The minimum atomic E-state index is -0.390. The van der Waals surface area contributed by atoms with Crippen LogP contribution in [-0.4, -0.2) is 55.3 Å². The lowest BCUT2D eigenvalue weighted by Gasteiger charge is -2.02. The first-order chi connectivity index (χ1) is 23.4. The molecule has 0 fully saturated rings. The van der Waals surface area contributed by atoms with Crippen LogP contribution in [0.25, 0.3) is 46.0 Å². The number of hydrogen-bond donors (Lipinski definition) is 1. The van der Waals surface area contributed by atoms with E-state index in [1.165, 1.54) is 12.2 Å². The molecule has 0 aliphatic heterocycles. The van der Waals surface area contributed by atoms with Gasteiger partial charge in [0.05, 0.1) is 31.2 Å². The van der Waals surface area contributed by atoms with Crippen LogP contribution < -0.4 is 0 Å². The predicted molar refractivity (Wildman–Crippen MR) is 184 cm³/mol. The smallest absolute Gasteiger partial charge is 0.330 e. The highest BCUT2D eigenvalue weighted by atomic mass is 16.5. The number of aliphatic hydroxyl groups excluding tert-OH is 1. The number of ether oxygens (including phenoxy) is 2. The molecule has 10 heteroatoms. The number of pyridine rings is 2. The molecular weight excluding hydrogens is 608 g/mol. The second kappa shape index (κ2) is 15.9. The van der Waals surface area contributed by atoms with Gasteiger partial charge in [-0.15, -0.1) is 0 Å². The molecule has 242 valence electrons. The fourth-order valence-electron chi connectivity index (χ4n) is 5.01. The third-order valence-electron chi connectivity index (χ3n) is 7.19. The van der Waals surface area contributed by atoms with Crippen molar-refractivity contribution in [2.24, 2.45) is 0 Å². The number of hydrogen-bond acceptors (Lipinski definition) is 8. The summed E-state index contributed by atoms with van der Waals surface area (Å²) in [5.74, 6) is -0.763. The standard InChI is InChI=1S/C19H18N2O3.C19H16N2O3/c2*1-2-24-18(23)9-8-14-10-11-21-16(13-22)19(20-17(21)12-14)15-6-4-3-5-7-15/h3-12,22H,2,13H2,1H3;3-13H,2H2,1H3/b2*9-8+. The van der Waals surface area contributed by atoms with Crippen LogP contribution >= 0.6 is 0 Å². The van der Waals surface area contributed by atoms with E-state index in [9.17, 15) is 19.5 Å². The van der Waals surface area contributed by atoms with Crippen LogP contribution in [0, 0.1) is 0 Å². The van der Waals surface area contributed by atoms with Crippen molar-refractivity contribution < 1.29 is 29.0 Å². The fraction of sp³-hybridized carbons (Fsp3) is 0.132.